The number of halogens is 6. The van der Waals surface area contributed by atoms with Crippen molar-refractivity contribution in [1.82, 2.24) is 0 Å². The molecule has 0 amide bonds. The third-order valence-electron chi connectivity index (χ3n) is 15.8. The van der Waals surface area contributed by atoms with Crippen LogP contribution in [0.4, 0.5) is 25.2 Å². The summed E-state index contributed by atoms with van der Waals surface area (Å²) in [5, 5.41) is 0. The van der Waals surface area contributed by atoms with E-state index in [9.17, 15) is 25.2 Å². The van der Waals surface area contributed by atoms with Crippen LogP contribution >= 0.6 is 15.6 Å². The molecule has 0 aromatic heterocycles. The monoisotopic (exact) mass is 1210 g/mol. The smallest absolute Gasteiger partial charge is 0.159 e. The molecule has 0 saturated heterocycles. The molecule has 0 saturated carbocycles. The summed E-state index contributed by atoms with van der Waals surface area (Å²) in [7, 11) is -16.0. The van der Waals surface area contributed by atoms with Crippen LogP contribution in [-0.4, -0.2) is 123 Å². The van der Waals surface area contributed by atoms with Crippen LogP contribution in [0.1, 0.15) is 316 Å². The van der Waals surface area contributed by atoms with E-state index in [1.165, 1.54) is 328 Å². The molecule has 0 spiro atoms. The van der Waals surface area contributed by atoms with Crippen LogP contribution in [0.15, 0.2) is 0 Å². The Labute approximate surface area is 497 Å². The van der Waals surface area contributed by atoms with Gasteiger partial charge in [-0.3, -0.25) is 0 Å². The SMILES string of the molecule is CCCC[N+](CCCC)(CCCC)CCCC.CCCC[N+](CCCC)(CCCC)CCCC.CCCC[N+](CCCC)(CCCC)CCCC.CCCC[N+](CCCC)(CCCC)CCCC.F[P-](F)(F)(F)(F)F.O=P([O-])([O-])[O-]. The molecular formula is C64H144F6N4O4P2. The Balaban J connectivity index is -0.000000213. The van der Waals surface area contributed by atoms with Gasteiger partial charge >= 0.3 is 33.0 Å². The van der Waals surface area contributed by atoms with Crippen molar-refractivity contribution in [3.8, 4) is 0 Å². The number of hydrogen-bond donors (Lipinski definition) is 0. The average molecular weight is 1210 g/mol. The van der Waals surface area contributed by atoms with Crippen molar-refractivity contribution in [3.63, 3.8) is 0 Å². The topological polar surface area (TPSA) is 86.2 Å². The second-order valence-corrected chi connectivity index (χ2v) is 26.8. The quantitative estimate of drug-likeness (QED) is 0.0345. The van der Waals surface area contributed by atoms with Crippen LogP contribution in [0, 0.1) is 0 Å². The molecule has 0 atom stereocenters. The van der Waals surface area contributed by atoms with E-state index < -0.39 is 15.6 Å². The van der Waals surface area contributed by atoms with Crippen molar-refractivity contribution in [2.45, 2.75) is 316 Å². The van der Waals surface area contributed by atoms with E-state index in [4.69, 9.17) is 19.2 Å². The fraction of sp³-hybridized carbons (Fsp3) is 1.00. The molecule has 0 aliphatic carbocycles. The van der Waals surface area contributed by atoms with E-state index in [2.05, 4.69) is 111 Å². The maximum Gasteiger partial charge on any atom is -0.159 e. The molecule has 0 heterocycles. The molecule has 0 fully saturated rings. The second kappa shape index (κ2) is 55.5. The first-order valence-corrected chi connectivity index (χ1v) is 37.6. The summed E-state index contributed by atoms with van der Waals surface area (Å²) in [6.45, 7) is 60.1. The fourth-order valence-corrected chi connectivity index (χ4v) is 10.6. The zero-order chi connectivity index (χ0) is 62.8. The molecule has 496 valence electrons. The van der Waals surface area contributed by atoms with Gasteiger partial charge in [-0.25, -0.2) is 0 Å². The normalized spacial score (nSPS) is 13.0. The number of rotatable bonds is 48. The van der Waals surface area contributed by atoms with Gasteiger partial charge in [0.1, 0.15) is 0 Å². The Morgan fingerprint density at radius 2 is 0.275 bits per heavy atom. The summed E-state index contributed by atoms with van der Waals surface area (Å²) in [5.74, 6) is 0. The molecule has 0 bridgehead atoms. The number of nitrogens with zero attached hydrogens (tertiary/aromatic N) is 4. The fourth-order valence-electron chi connectivity index (χ4n) is 10.6. The molecule has 0 radical (unpaired) electrons. The maximum absolute atomic E-state index is 10.7. The van der Waals surface area contributed by atoms with Gasteiger partial charge in [-0.15, -0.1) is 0 Å². The predicted octanol–water partition coefficient (Wildman–Crippen LogP) is 20.6. The van der Waals surface area contributed by atoms with Gasteiger partial charge in [-0.1, -0.05) is 214 Å². The van der Waals surface area contributed by atoms with Crippen molar-refractivity contribution >= 4 is 15.6 Å². The van der Waals surface area contributed by atoms with E-state index in [1.807, 2.05) is 0 Å². The van der Waals surface area contributed by atoms with Gasteiger partial charge < -0.3 is 37.2 Å². The Bertz CT molecular complexity index is 988. The third-order valence-corrected chi connectivity index (χ3v) is 15.8. The van der Waals surface area contributed by atoms with Gasteiger partial charge in [0.25, 0.3) is 0 Å². The molecule has 80 heavy (non-hydrogen) atoms. The molecule has 16 heteroatoms. The molecule has 0 aliphatic heterocycles. The largest absolute Gasteiger partial charge is 0.822 e. The zero-order valence-electron chi connectivity index (χ0n) is 56.5. The van der Waals surface area contributed by atoms with E-state index in [0.717, 1.165) is 0 Å². The molecule has 0 unspecified atom stereocenters. The van der Waals surface area contributed by atoms with Gasteiger partial charge in [0, 0.05) is 0 Å². The Morgan fingerprint density at radius 3 is 0.312 bits per heavy atom. The van der Waals surface area contributed by atoms with Crippen molar-refractivity contribution in [2.75, 3.05) is 105 Å². The van der Waals surface area contributed by atoms with Gasteiger partial charge in [-0.05, 0) is 103 Å². The number of hydrogen-bond acceptors (Lipinski definition) is 4. The van der Waals surface area contributed by atoms with Crippen LogP contribution in [-0.2, 0) is 4.57 Å². The van der Waals surface area contributed by atoms with Crippen LogP contribution in [0.5, 0.6) is 0 Å². The molecule has 0 N–H and O–H groups in total. The van der Waals surface area contributed by atoms with Crippen molar-refractivity contribution in [1.29, 1.82) is 0 Å². The number of unbranched alkanes of at least 4 members (excludes halogenated alkanes) is 16. The van der Waals surface area contributed by atoms with Gasteiger partial charge in [0.05, 0.1) is 105 Å². The predicted molar refractivity (Wildman–Crippen MR) is 339 cm³/mol. The minimum Gasteiger partial charge on any atom is -0.822 e. The molecule has 0 aromatic carbocycles. The standard InChI is InChI=1S/4C16H36N.F6P.H3O4P/c4*1-5-9-13-17(14-10-6-2,15-11-7-3)16-12-8-4;1-7(2,3,4,5)6;1-5(2,3)4/h4*5-16H2,1-4H3;;(H3,1,2,3,4)/q4*+1;-1;/p-3. The van der Waals surface area contributed by atoms with Gasteiger partial charge in [-0.2, -0.15) is 7.82 Å². The first kappa shape index (κ1) is 91.1. The summed E-state index contributed by atoms with van der Waals surface area (Å²) < 4.78 is 73.4. The maximum atomic E-state index is 9.87. The summed E-state index contributed by atoms with van der Waals surface area (Å²) in [4.78, 5) is 25.6. The Kier molecular flexibility index (Phi) is 63.3. The summed E-state index contributed by atoms with van der Waals surface area (Å²) in [6, 6.07) is 0. The average Bonchev–Trinajstić information content (AvgIpc) is 3.40. The molecular weight excluding hydrogens is 1060 g/mol. The van der Waals surface area contributed by atoms with Crippen LogP contribution in [0.3, 0.4) is 0 Å². The van der Waals surface area contributed by atoms with Crippen LogP contribution in [0.2, 0.25) is 0 Å². The van der Waals surface area contributed by atoms with E-state index in [1.54, 1.807) is 0 Å². The third kappa shape index (κ3) is 72.2. The zero-order valence-corrected chi connectivity index (χ0v) is 58.3. The summed E-state index contributed by atoms with van der Waals surface area (Å²) >= 11 is 0. The first-order chi connectivity index (χ1) is 37.4. The summed E-state index contributed by atoms with van der Waals surface area (Å²) in [6.07, 6.45) is 44.2. The van der Waals surface area contributed by atoms with Crippen molar-refractivity contribution < 1.29 is 62.4 Å². The molecule has 0 aromatic rings. The molecule has 0 aliphatic rings. The number of phosphoric acid groups is 1. The number of quaternary nitrogens is 4. The van der Waals surface area contributed by atoms with E-state index in [-0.39, 0.29) is 0 Å². The first-order valence-electron chi connectivity index (χ1n) is 34.1. The Morgan fingerprint density at radius 1 is 0.225 bits per heavy atom. The molecule has 0 rings (SSSR count). The Hall–Kier alpha value is -0.0400. The van der Waals surface area contributed by atoms with E-state index >= 15 is 0 Å². The minimum atomic E-state index is -10.7. The minimum absolute atomic E-state index is 1.35. The summed E-state index contributed by atoms with van der Waals surface area (Å²) in [5.41, 5.74) is 0. The van der Waals surface area contributed by atoms with Crippen LogP contribution < -0.4 is 14.7 Å². The van der Waals surface area contributed by atoms with Gasteiger partial charge in [0.15, 0.2) is 0 Å². The molecule has 8 nitrogen and oxygen atoms in total. The van der Waals surface area contributed by atoms with Crippen molar-refractivity contribution in [2.24, 2.45) is 0 Å². The van der Waals surface area contributed by atoms with Crippen LogP contribution in [0.25, 0.3) is 0 Å². The van der Waals surface area contributed by atoms with Crippen molar-refractivity contribution in [3.05, 3.63) is 0 Å². The van der Waals surface area contributed by atoms with E-state index in [0.29, 0.717) is 0 Å². The second-order valence-electron chi connectivity index (χ2n) is 24.0. The van der Waals surface area contributed by atoms with Gasteiger partial charge in [0.2, 0.25) is 0 Å².